The molecule has 1 aromatic rings. The molecule has 0 aliphatic carbocycles. The Kier molecular flexibility index (Phi) is 3.81. The number of nitrogens with zero attached hydrogens (tertiary/aromatic N) is 1. The first kappa shape index (κ1) is 15.5. The molecule has 1 aliphatic rings. The number of anilines is 1. The highest BCUT2D eigenvalue weighted by Gasteiger charge is 2.36. The van der Waals surface area contributed by atoms with Crippen molar-refractivity contribution >= 4 is 11.6 Å². The third-order valence-corrected chi connectivity index (χ3v) is 3.31. The molecule has 2 rings (SSSR count). The summed E-state index contributed by atoms with van der Waals surface area (Å²) >= 11 is 0. The normalized spacial score (nSPS) is 18.6. The Morgan fingerprint density at radius 2 is 1.71 bits per heavy atom. The molecular weight excluding hydrogens is 295 g/mol. The lowest BCUT2D eigenvalue weighted by Crippen LogP contribution is -2.42. The van der Waals surface area contributed by atoms with Crippen LogP contribution in [0.3, 0.4) is 0 Å². The van der Waals surface area contributed by atoms with Gasteiger partial charge in [-0.3, -0.25) is 4.79 Å². The fourth-order valence-corrected chi connectivity index (χ4v) is 2.16. The minimum absolute atomic E-state index is 0.192. The van der Waals surface area contributed by atoms with Crippen LogP contribution in [0.1, 0.15) is 28.8 Å². The second-order valence-electron chi connectivity index (χ2n) is 4.99. The molecule has 1 aliphatic heterocycles. The van der Waals surface area contributed by atoms with Crippen LogP contribution < -0.4 is 5.73 Å². The van der Waals surface area contributed by atoms with E-state index in [4.69, 9.17) is 5.73 Å². The maximum atomic E-state index is 13.0. The van der Waals surface area contributed by atoms with Gasteiger partial charge in [-0.15, -0.1) is 0 Å². The quantitative estimate of drug-likeness (QED) is 0.640. The summed E-state index contributed by atoms with van der Waals surface area (Å²) in [4.78, 5) is 13.2. The number of piperidine rings is 1. The third-order valence-electron chi connectivity index (χ3n) is 3.31. The van der Waals surface area contributed by atoms with Crippen molar-refractivity contribution in [3.8, 4) is 0 Å². The second kappa shape index (κ2) is 5.16. The minimum atomic E-state index is -4.63. The maximum absolute atomic E-state index is 13.0. The average Bonchev–Trinajstić information content (AvgIpc) is 2.36. The van der Waals surface area contributed by atoms with E-state index in [9.17, 15) is 26.7 Å². The lowest BCUT2D eigenvalue weighted by atomic mass is 10.0. The molecule has 0 spiro atoms. The van der Waals surface area contributed by atoms with Gasteiger partial charge in [0.15, 0.2) is 0 Å². The highest BCUT2D eigenvalue weighted by atomic mass is 19.4. The van der Waals surface area contributed by atoms with Crippen molar-refractivity contribution in [3.05, 3.63) is 29.3 Å². The summed E-state index contributed by atoms with van der Waals surface area (Å²) in [5, 5.41) is 0. The molecular formula is C13H13F5N2O. The molecule has 1 amide bonds. The van der Waals surface area contributed by atoms with Crippen molar-refractivity contribution in [1.82, 2.24) is 4.90 Å². The van der Waals surface area contributed by atoms with Crippen LogP contribution in [0.15, 0.2) is 18.2 Å². The Balaban J connectivity index is 2.22. The average molecular weight is 308 g/mol. The lowest BCUT2D eigenvalue weighted by molar-refractivity contribution is -0.137. The smallest absolute Gasteiger partial charge is 0.399 e. The first-order valence-corrected chi connectivity index (χ1v) is 6.23. The summed E-state index contributed by atoms with van der Waals surface area (Å²) in [5.41, 5.74) is 3.90. The van der Waals surface area contributed by atoms with Crippen molar-refractivity contribution < 1.29 is 26.7 Å². The van der Waals surface area contributed by atoms with Gasteiger partial charge < -0.3 is 10.6 Å². The number of hydrogen-bond donors (Lipinski definition) is 1. The summed E-state index contributed by atoms with van der Waals surface area (Å²) in [7, 11) is 0. The molecule has 1 heterocycles. The predicted octanol–water partition coefficient (Wildman–Crippen LogP) is 3.16. The Morgan fingerprint density at radius 1 is 1.14 bits per heavy atom. The topological polar surface area (TPSA) is 46.3 Å². The number of hydrogen-bond acceptors (Lipinski definition) is 2. The molecule has 8 heteroatoms. The zero-order valence-electron chi connectivity index (χ0n) is 10.9. The van der Waals surface area contributed by atoms with E-state index in [2.05, 4.69) is 0 Å². The van der Waals surface area contributed by atoms with Crippen molar-refractivity contribution in [1.29, 1.82) is 0 Å². The number of amides is 1. The van der Waals surface area contributed by atoms with Crippen LogP contribution in [-0.2, 0) is 6.18 Å². The van der Waals surface area contributed by atoms with Gasteiger partial charge >= 0.3 is 6.18 Å². The molecule has 2 N–H and O–H groups in total. The number of alkyl halides is 5. The van der Waals surface area contributed by atoms with Gasteiger partial charge in [-0.05, 0) is 18.2 Å². The number of carbonyl (C=O) groups is 1. The van der Waals surface area contributed by atoms with E-state index in [-0.39, 0.29) is 24.3 Å². The van der Waals surface area contributed by atoms with Crippen molar-refractivity contribution in [2.45, 2.75) is 24.9 Å². The monoisotopic (exact) mass is 308 g/mol. The maximum Gasteiger partial charge on any atom is 0.416 e. The first-order valence-electron chi connectivity index (χ1n) is 6.23. The molecule has 1 saturated heterocycles. The summed E-state index contributed by atoms with van der Waals surface area (Å²) in [6.45, 7) is -0.385. The molecule has 0 aromatic heterocycles. The SMILES string of the molecule is Nc1cc(C(=O)N2CCC(F)(F)CC2)cc(C(F)(F)F)c1. The van der Waals surface area contributed by atoms with Gasteiger partial charge in [0, 0.05) is 37.2 Å². The van der Waals surface area contributed by atoms with Gasteiger partial charge in [0.05, 0.1) is 5.56 Å². The molecule has 0 atom stereocenters. The van der Waals surface area contributed by atoms with E-state index in [0.717, 1.165) is 17.0 Å². The Hall–Kier alpha value is -1.86. The largest absolute Gasteiger partial charge is 0.416 e. The van der Waals surface area contributed by atoms with Gasteiger partial charge in [-0.1, -0.05) is 0 Å². The predicted molar refractivity (Wildman–Crippen MR) is 65.9 cm³/mol. The Labute approximate surface area is 117 Å². The molecule has 1 aromatic carbocycles. The molecule has 3 nitrogen and oxygen atoms in total. The molecule has 0 unspecified atom stereocenters. The summed E-state index contributed by atoms with van der Waals surface area (Å²) < 4.78 is 64.1. The number of nitrogens with two attached hydrogens (primary N) is 1. The molecule has 0 radical (unpaired) electrons. The Morgan fingerprint density at radius 3 is 2.24 bits per heavy atom. The van der Waals surface area contributed by atoms with E-state index in [1.54, 1.807) is 0 Å². The third kappa shape index (κ3) is 3.62. The fourth-order valence-electron chi connectivity index (χ4n) is 2.16. The molecule has 21 heavy (non-hydrogen) atoms. The number of halogens is 5. The summed E-state index contributed by atoms with van der Waals surface area (Å²) in [6.07, 6.45) is -5.61. The van der Waals surface area contributed by atoms with Crippen molar-refractivity contribution in [3.63, 3.8) is 0 Å². The van der Waals surface area contributed by atoms with Crippen LogP contribution >= 0.6 is 0 Å². The van der Waals surface area contributed by atoms with E-state index in [1.807, 2.05) is 0 Å². The van der Waals surface area contributed by atoms with E-state index < -0.39 is 36.4 Å². The lowest BCUT2D eigenvalue weighted by Gasteiger charge is -2.32. The van der Waals surface area contributed by atoms with Crippen LogP contribution in [0.25, 0.3) is 0 Å². The van der Waals surface area contributed by atoms with Crippen LogP contribution in [-0.4, -0.2) is 29.8 Å². The molecule has 1 fully saturated rings. The van der Waals surface area contributed by atoms with Crippen LogP contribution in [0.4, 0.5) is 27.6 Å². The van der Waals surface area contributed by atoms with Crippen LogP contribution in [0.5, 0.6) is 0 Å². The Bertz CT molecular complexity index is 546. The van der Waals surface area contributed by atoms with E-state index in [0.29, 0.717) is 6.07 Å². The van der Waals surface area contributed by atoms with E-state index >= 15 is 0 Å². The number of carbonyl (C=O) groups excluding carboxylic acids is 1. The van der Waals surface area contributed by atoms with Crippen LogP contribution in [0, 0.1) is 0 Å². The summed E-state index contributed by atoms with van der Waals surface area (Å²) in [6, 6.07) is 2.52. The van der Waals surface area contributed by atoms with Crippen LogP contribution in [0.2, 0.25) is 0 Å². The van der Waals surface area contributed by atoms with Crippen molar-refractivity contribution in [2.75, 3.05) is 18.8 Å². The van der Waals surface area contributed by atoms with Gasteiger partial charge in [-0.25, -0.2) is 8.78 Å². The highest BCUT2D eigenvalue weighted by Crippen LogP contribution is 2.32. The molecule has 116 valence electrons. The summed E-state index contributed by atoms with van der Waals surface area (Å²) in [5.74, 6) is -3.55. The number of benzene rings is 1. The highest BCUT2D eigenvalue weighted by molar-refractivity contribution is 5.95. The standard InChI is InChI=1S/C13H13F5N2O/c14-12(15)1-3-20(4-2-12)11(21)8-5-9(13(16,17)18)7-10(19)6-8/h5-7H,1-4,19H2. The zero-order chi connectivity index (χ0) is 15.8. The zero-order valence-corrected chi connectivity index (χ0v) is 10.9. The van der Waals surface area contributed by atoms with Gasteiger partial charge in [-0.2, -0.15) is 13.2 Å². The number of likely N-dealkylation sites (tertiary alicyclic amines) is 1. The van der Waals surface area contributed by atoms with E-state index in [1.165, 1.54) is 0 Å². The second-order valence-corrected chi connectivity index (χ2v) is 4.99. The molecule has 0 saturated carbocycles. The number of nitrogen functional groups attached to an aromatic ring is 1. The fraction of sp³-hybridized carbons (Fsp3) is 0.462. The number of rotatable bonds is 1. The van der Waals surface area contributed by atoms with Gasteiger partial charge in [0.2, 0.25) is 0 Å². The minimum Gasteiger partial charge on any atom is -0.399 e. The van der Waals surface area contributed by atoms with Gasteiger partial charge in [0.25, 0.3) is 11.8 Å². The molecule has 0 bridgehead atoms. The first-order chi connectivity index (χ1) is 9.58. The van der Waals surface area contributed by atoms with Gasteiger partial charge in [0.1, 0.15) is 0 Å². The van der Waals surface area contributed by atoms with Crippen molar-refractivity contribution in [2.24, 2.45) is 0 Å².